The highest BCUT2D eigenvalue weighted by atomic mass is 16.7. The number of amides is 2. The van der Waals surface area contributed by atoms with Gasteiger partial charge in [-0.2, -0.15) is 0 Å². The van der Waals surface area contributed by atoms with E-state index in [-0.39, 0.29) is 18.2 Å². The maximum atomic E-state index is 11.2. The van der Waals surface area contributed by atoms with E-state index in [9.17, 15) is 9.59 Å². The number of carbonyl (C=O) groups is 2. The molecule has 2 amide bonds. The fourth-order valence-electron chi connectivity index (χ4n) is 1.48. The summed E-state index contributed by atoms with van der Waals surface area (Å²) in [5, 5.41) is 5.85. The molecular weight excluding hydrogens is 160 g/mol. The van der Waals surface area contributed by atoms with Gasteiger partial charge in [-0.25, -0.2) is 0 Å². The van der Waals surface area contributed by atoms with Crippen molar-refractivity contribution in [1.29, 1.82) is 0 Å². The fraction of sp³-hybridized carbons (Fsp3) is 0.571. The molecule has 0 aromatic carbocycles. The van der Waals surface area contributed by atoms with Crippen LogP contribution in [0.5, 0.6) is 0 Å². The first kappa shape index (κ1) is 7.27. The fourth-order valence-corrected chi connectivity index (χ4v) is 1.48. The minimum atomic E-state index is -1.01. The molecule has 1 saturated heterocycles. The normalized spacial score (nSPS) is 33.6. The number of hydrogen-bond donors (Lipinski definition) is 1. The third-order valence-corrected chi connectivity index (χ3v) is 2.03. The Kier molecular flexibility index (Phi) is 1.25. The lowest BCUT2D eigenvalue weighted by Gasteiger charge is -2.14. The Hall–Kier alpha value is -1.39. The molecule has 0 radical (unpaired) electrons. The van der Waals surface area contributed by atoms with Crippen LogP contribution in [0.25, 0.3) is 0 Å². The van der Waals surface area contributed by atoms with Crippen molar-refractivity contribution in [2.24, 2.45) is 5.16 Å². The SMILES string of the molecule is CC1=NOC2(CC(=O)NC2=O)C1. The van der Waals surface area contributed by atoms with Crippen LogP contribution >= 0.6 is 0 Å². The number of hydrogen-bond acceptors (Lipinski definition) is 4. The smallest absolute Gasteiger partial charge is 0.274 e. The van der Waals surface area contributed by atoms with Crippen LogP contribution < -0.4 is 5.32 Å². The van der Waals surface area contributed by atoms with Crippen LogP contribution in [0.2, 0.25) is 0 Å². The zero-order chi connectivity index (χ0) is 8.77. The molecule has 1 atom stereocenters. The second-order valence-corrected chi connectivity index (χ2v) is 3.14. The van der Waals surface area contributed by atoms with Crippen LogP contribution in [0.15, 0.2) is 5.16 Å². The maximum absolute atomic E-state index is 11.2. The molecule has 12 heavy (non-hydrogen) atoms. The molecule has 2 aliphatic rings. The molecular formula is C7H8N2O3. The number of nitrogens with one attached hydrogen (secondary N) is 1. The van der Waals surface area contributed by atoms with E-state index in [1.54, 1.807) is 6.92 Å². The van der Waals surface area contributed by atoms with Crippen molar-refractivity contribution in [2.75, 3.05) is 0 Å². The lowest BCUT2D eigenvalue weighted by atomic mass is 9.96. The van der Waals surface area contributed by atoms with Gasteiger partial charge in [0.2, 0.25) is 11.5 Å². The summed E-state index contributed by atoms with van der Waals surface area (Å²) in [7, 11) is 0. The molecule has 1 spiro atoms. The van der Waals surface area contributed by atoms with E-state index in [1.807, 2.05) is 0 Å². The Labute approximate surface area is 68.8 Å². The van der Waals surface area contributed by atoms with Crippen LogP contribution in [-0.2, 0) is 14.4 Å². The van der Waals surface area contributed by atoms with Gasteiger partial charge in [0.05, 0.1) is 12.1 Å². The topological polar surface area (TPSA) is 67.8 Å². The van der Waals surface area contributed by atoms with Crippen molar-refractivity contribution in [3.8, 4) is 0 Å². The van der Waals surface area contributed by atoms with Gasteiger partial charge < -0.3 is 4.84 Å². The van der Waals surface area contributed by atoms with Crippen molar-refractivity contribution < 1.29 is 14.4 Å². The first-order valence-corrected chi connectivity index (χ1v) is 3.68. The Morgan fingerprint density at radius 2 is 2.25 bits per heavy atom. The molecule has 2 rings (SSSR count). The molecule has 1 fully saturated rings. The molecule has 0 aromatic heterocycles. The van der Waals surface area contributed by atoms with E-state index >= 15 is 0 Å². The monoisotopic (exact) mass is 168 g/mol. The van der Waals surface area contributed by atoms with Crippen molar-refractivity contribution in [3.63, 3.8) is 0 Å². The molecule has 0 aliphatic carbocycles. The van der Waals surface area contributed by atoms with E-state index in [0.29, 0.717) is 6.42 Å². The summed E-state index contributed by atoms with van der Waals surface area (Å²) in [5.41, 5.74) is -0.263. The number of oxime groups is 1. The minimum absolute atomic E-state index is 0.0900. The lowest BCUT2D eigenvalue weighted by molar-refractivity contribution is -0.138. The van der Waals surface area contributed by atoms with Crippen LogP contribution in [0.3, 0.4) is 0 Å². The van der Waals surface area contributed by atoms with Crippen LogP contribution in [0.1, 0.15) is 19.8 Å². The summed E-state index contributed by atoms with van der Waals surface area (Å²) in [6.45, 7) is 1.77. The highest BCUT2D eigenvalue weighted by molar-refractivity contribution is 6.10. The molecule has 0 saturated carbocycles. The summed E-state index contributed by atoms with van der Waals surface area (Å²) < 4.78 is 0. The van der Waals surface area contributed by atoms with Crippen molar-refractivity contribution >= 4 is 17.5 Å². The first-order chi connectivity index (χ1) is 5.62. The number of rotatable bonds is 0. The lowest BCUT2D eigenvalue weighted by Crippen LogP contribution is -2.37. The van der Waals surface area contributed by atoms with Gasteiger partial charge in [-0.15, -0.1) is 0 Å². The summed E-state index contributed by atoms with van der Waals surface area (Å²) in [6.07, 6.45) is 0.511. The molecule has 0 bridgehead atoms. The van der Waals surface area contributed by atoms with Gasteiger partial charge in [-0.3, -0.25) is 14.9 Å². The third-order valence-electron chi connectivity index (χ3n) is 2.03. The predicted molar refractivity (Wildman–Crippen MR) is 39.3 cm³/mol. The quantitative estimate of drug-likeness (QED) is 0.499. The Balaban J connectivity index is 2.25. The first-order valence-electron chi connectivity index (χ1n) is 3.68. The van der Waals surface area contributed by atoms with Crippen LogP contribution in [0.4, 0.5) is 0 Å². The van der Waals surface area contributed by atoms with Crippen molar-refractivity contribution in [2.45, 2.75) is 25.4 Å². The zero-order valence-electron chi connectivity index (χ0n) is 6.59. The number of carbonyl (C=O) groups excluding carboxylic acids is 2. The molecule has 5 nitrogen and oxygen atoms in total. The van der Waals surface area contributed by atoms with Crippen LogP contribution in [-0.4, -0.2) is 23.1 Å². The Bertz CT molecular complexity index is 297. The van der Waals surface area contributed by atoms with Gasteiger partial charge in [-0.1, -0.05) is 5.16 Å². The van der Waals surface area contributed by atoms with Gasteiger partial charge in [0.25, 0.3) is 5.91 Å². The van der Waals surface area contributed by atoms with Crippen molar-refractivity contribution in [1.82, 2.24) is 5.32 Å². The van der Waals surface area contributed by atoms with E-state index in [2.05, 4.69) is 10.5 Å². The summed E-state index contributed by atoms with van der Waals surface area (Å²) in [4.78, 5) is 27.0. The second kappa shape index (κ2) is 2.06. The largest absolute Gasteiger partial charge is 0.378 e. The minimum Gasteiger partial charge on any atom is -0.378 e. The summed E-state index contributed by atoms with van der Waals surface area (Å²) in [5.74, 6) is -0.655. The maximum Gasteiger partial charge on any atom is 0.274 e. The average Bonchev–Trinajstić information content (AvgIpc) is 2.43. The van der Waals surface area contributed by atoms with E-state index in [0.717, 1.165) is 5.71 Å². The molecule has 5 heteroatoms. The second-order valence-electron chi connectivity index (χ2n) is 3.14. The number of nitrogens with zero attached hydrogens (tertiary/aromatic N) is 1. The van der Waals surface area contributed by atoms with E-state index in [1.165, 1.54) is 0 Å². The standard InChI is InChI=1S/C7H8N2O3/c1-4-2-7(12-9-4)3-5(10)8-6(7)11/h2-3H2,1H3,(H,8,10,11). The summed E-state index contributed by atoms with van der Waals surface area (Å²) >= 11 is 0. The predicted octanol–water partition coefficient (Wildman–Crippen LogP) is -0.432. The average molecular weight is 168 g/mol. The highest BCUT2D eigenvalue weighted by Gasteiger charge is 2.52. The Morgan fingerprint density at radius 1 is 1.50 bits per heavy atom. The third kappa shape index (κ3) is 0.823. The van der Waals surface area contributed by atoms with Gasteiger partial charge in [0.15, 0.2) is 0 Å². The molecule has 1 unspecified atom stereocenters. The van der Waals surface area contributed by atoms with Gasteiger partial charge in [0, 0.05) is 6.42 Å². The molecule has 2 heterocycles. The molecule has 0 aromatic rings. The van der Waals surface area contributed by atoms with Crippen LogP contribution in [0, 0.1) is 0 Å². The number of imide groups is 1. The molecule has 1 N–H and O–H groups in total. The van der Waals surface area contributed by atoms with Gasteiger partial charge in [-0.05, 0) is 6.92 Å². The molecule has 2 aliphatic heterocycles. The highest BCUT2D eigenvalue weighted by Crippen LogP contribution is 2.31. The van der Waals surface area contributed by atoms with E-state index in [4.69, 9.17) is 4.84 Å². The molecule has 64 valence electrons. The zero-order valence-corrected chi connectivity index (χ0v) is 6.59. The van der Waals surface area contributed by atoms with Gasteiger partial charge >= 0.3 is 0 Å². The summed E-state index contributed by atoms with van der Waals surface area (Å²) in [6, 6.07) is 0. The van der Waals surface area contributed by atoms with E-state index < -0.39 is 5.60 Å². The van der Waals surface area contributed by atoms with Gasteiger partial charge in [0.1, 0.15) is 0 Å². The van der Waals surface area contributed by atoms with Crippen molar-refractivity contribution in [3.05, 3.63) is 0 Å². The Morgan fingerprint density at radius 3 is 2.67 bits per heavy atom.